The first-order valence-electron chi connectivity index (χ1n) is 8.43. The Balaban J connectivity index is 1.71. The first-order chi connectivity index (χ1) is 10.9. The van der Waals surface area contributed by atoms with E-state index in [-0.39, 0.29) is 17.3 Å². The fourth-order valence-electron chi connectivity index (χ4n) is 2.80. The highest BCUT2D eigenvalue weighted by Gasteiger charge is 2.52. The molecule has 0 radical (unpaired) electrons. The number of rotatable bonds is 4. The average molecular weight is 319 g/mol. The molecule has 0 aliphatic carbocycles. The van der Waals surface area contributed by atoms with E-state index in [0.29, 0.717) is 12.4 Å². The quantitative estimate of drug-likeness (QED) is 0.797. The second kappa shape index (κ2) is 6.42. The maximum absolute atomic E-state index is 6.12. The molecular weight excluding hydrogens is 293 g/mol. The van der Waals surface area contributed by atoms with Crippen LogP contribution in [0.2, 0.25) is 0 Å². The van der Waals surface area contributed by atoms with Crippen LogP contribution in [0.4, 0.5) is 0 Å². The zero-order valence-corrected chi connectivity index (χ0v) is 14.5. The third kappa shape index (κ3) is 3.54. The lowest BCUT2D eigenvalue weighted by Gasteiger charge is -2.32. The summed E-state index contributed by atoms with van der Waals surface area (Å²) >= 11 is 0. The molecule has 0 aromatic carbocycles. The summed E-state index contributed by atoms with van der Waals surface area (Å²) in [5.74, 6) is 0.708. The van der Waals surface area contributed by atoms with Gasteiger partial charge in [0.15, 0.2) is 0 Å². The zero-order chi connectivity index (χ0) is 16.5. The van der Waals surface area contributed by atoms with Crippen molar-refractivity contribution in [2.45, 2.75) is 64.3 Å². The molecule has 1 unspecified atom stereocenters. The van der Waals surface area contributed by atoms with E-state index in [0.717, 1.165) is 24.9 Å². The van der Waals surface area contributed by atoms with Gasteiger partial charge in [-0.25, -0.2) is 0 Å². The Morgan fingerprint density at radius 2 is 1.96 bits per heavy atom. The van der Waals surface area contributed by atoms with Gasteiger partial charge in [0.2, 0.25) is 0 Å². The molecule has 0 amide bonds. The molecule has 2 aliphatic heterocycles. The molecule has 1 aromatic heterocycles. The highest BCUT2D eigenvalue weighted by atomic mass is 16.7. The van der Waals surface area contributed by atoms with E-state index in [1.54, 1.807) is 12.4 Å². The predicted octanol–water partition coefficient (Wildman–Crippen LogP) is 2.33. The number of hydrogen-bond acceptors (Lipinski definition) is 5. The van der Waals surface area contributed by atoms with Gasteiger partial charge >= 0.3 is 7.12 Å². The van der Waals surface area contributed by atoms with E-state index >= 15 is 0 Å². The Labute approximate surface area is 138 Å². The standard InChI is InChI=1S/C17H26BNO4/c1-16(2)17(3,4)23-18(22-16)14-8-9-19-11-15(14)21-12-13-7-5-6-10-20-13/h8-9,11,13H,5-7,10,12H2,1-4H3. The van der Waals surface area contributed by atoms with Crippen molar-refractivity contribution in [1.82, 2.24) is 4.98 Å². The molecule has 1 aromatic rings. The van der Waals surface area contributed by atoms with Crippen LogP contribution < -0.4 is 10.2 Å². The first kappa shape index (κ1) is 16.7. The first-order valence-corrected chi connectivity index (χ1v) is 8.43. The summed E-state index contributed by atoms with van der Waals surface area (Å²) in [6.45, 7) is 9.55. The summed E-state index contributed by atoms with van der Waals surface area (Å²) in [6.07, 6.45) is 7.02. The SMILES string of the molecule is CC1(C)OB(c2ccncc2OCC2CCCCO2)OC1(C)C. The van der Waals surface area contributed by atoms with Crippen LogP contribution in [0, 0.1) is 0 Å². The van der Waals surface area contributed by atoms with Crippen LogP contribution in [-0.2, 0) is 14.0 Å². The van der Waals surface area contributed by atoms with Crippen LogP contribution in [0.15, 0.2) is 18.5 Å². The van der Waals surface area contributed by atoms with Gasteiger partial charge < -0.3 is 18.8 Å². The lowest BCUT2D eigenvalue weighted by Crippen LogP contribution is -2.41. The molecule has 1 atom stereocenters. The molecule has 2 saturated heterocycles. The minimum atomic E-state index is -0.440. The van der Waals surface area contributed by atoms with Crippen molar-refractivity contribution in [1.29, 1.82) is 0 Å². The molecular formula is C17H26BNO4. The van der Waals surface area contributed by atoms with Gasteiger partial charge in [-0.05, 0) is 53.0 Å². The van der Waals surface area contributed by atoms with E-state index in [1.807, 2.05) is 33.8 Å². The Kier molecular flexibility index (Phi) is 4.67. The van der Waals surface area contributed by atoms with Crippen LogP contribution in [0.25, 0.3) is 0 Å². The maximum atomic E-state index is 6.12. The van der Waals surface area contributed by atoms with Crippen molar-refractivity contribution in [2.24, 2.45) is 0 Å². The van der Waals surface area contributed by atoms with Crippen LogP contribution in [-0.4, -0.2) is 42.6 Å². The molecule has 0 spiro atoms. The molecule has 126 valence electrons. The summed E-state index contributed by atoms with van der Waals surface area (Å²) in [6, 6.07) is 1.90. The number of ether oxygens (including phenoxy) is 2. The summed E-state index contributed by atoms with van der Waals surface area (Å²) in [4.78, 5) is 4.18. The fourth-order valence-corrected chi connectivity index (χ4v) is 2.80. The third-order valence-corrected chi connectivity index (χ3v) is 5.02. The zero-order valence-electron chi connectivity index (χ0n) is 14.5. The molecule has 6 heteroatoms. The van der Waals surface area contributed by atoms with Gasteiger partial charge in [0.05, 0.1) is 23.5 Å². The van der Waals surface area contributed by atoms with E-state index in [9.17, 15) is 0 Å². The molecule has 3 heterocycles. The smallest absolute Gasteiger partial charge is 0.490 e. The maximum Gasteiger partial charge on any atom is 0.498 e. The molecule has 23 heavy (non-hydrogen) atoms. The summed E-state index contributed by atoms with van der Waals surface area (Å²) in [5, 5.41) is 0. The fraction of sp³-hybridized carbons (Fsp3) is 0.706. The Hall–Kier alpha value is -1.11. The lowest BCUT2D eigenvalue weighted by molar-refractivity contribution is -0.0109. The van der Waals surface area contributed by atoms with Crippen LogP contribution in [0.3, 0.4) is 0 Å². The molecule has 0 N–H and O–H groups in total. The molecule has 5 nitrogen and oxygen atoms in total. The third-order valence-electron chi connectivity index (χ3n) is 5.02. The van der Waals surface area contributed by atoms with Crippen molar-refractivity contribution in [3.63, 3.8) is 0 Å². The summed E-state index contributed by atoms with van der Waals surface area (Å²) < 4.78 is 23.9. The summed E-state index contributed by atoms with van der Waals surface area (Å²) in [7, 11) is -0.440. The molecule has 0 bridgehead atoms. The topological polar surface area (TPSA) is 49.8 Å². The van der Waals surface area contributed by atoms with E-state index in [1.165, 1.54) is 6.42 Å². The Morgan fingerprint density at radius 1 is 1.22 bits per heavy atom. The van der Waals surface area contributed by atoms with Gasteiger partial charge in [0, 0.05) is 18.3 Å². The monoisotopic (exact) mass is 319 g/mol. The minimum Gasteiger partial charge on any atom is -0.490 e. The molecule has 0 saturated carbocycles. The van der Waals surface area contributed by atoms with Crippen LogP contribution in [0.5, 0.6) is 5.75 Å². The van der Waals surface area contributed by atoms with Crippen molar-refractivity contribution < 1.29 is 18.8 Å². The number of pyridine rings is 1. The van der Waals surface area contributed by atoms with Gasteiger partial charge in [-0.3, -0.25) is 4.98 Å². The number of nitrogens with zero attached hydrogens (tertiary/aromatic N) is 1. The van der Waals surface area contributed by atoms with Gasteiger partial charge in [0.1, 0.15) is 12.4 Å². The van der Waals surface area contributed by atoms with Crippen molar-refractivity contribution in [3.8, 4) is 5.75 Å². The van der Waals surface area contributed by atoms with Gasteiger partial charge in [-0.1, -0.05) is 0 Å². The minimum absolute atomic E-state index is 0.162. The van der Waals surface area contributed by atoms with Crippen molar-refractivity contribution in [2.75, 3.05) is 13.2 Å². The second-order valence-electron chi connectivity index (χ2n) is 7.30. The van der Waals surface area contributed by atoms with E-state index in [2.05, 4.69) is 4.98 Å². The normalized spacial score (nSPS) is 26.3. The predicted molar refractivity (Wildman–Crippen MR) is 89.0 cm³/mol. The molecule has 2 fully saturated rings. The average Bonchev–Trinajstić information content (AvgIpc) is 2.75. The van der Waals surface area contributed by atoms with Gasteiger partial charge in [-0.15, -0.1) is 0 Å². The second-order valence-corrected chi connectivity index (χ2v) is 7.30. The lowest BCUT2D eigenvalue weighted by atomic mass is 9.79. The Morgan fingerprint density at radius 3 is 2.61 bits per heavy atom. The van der Waals surface area contributed by atoms with E-state index < -0.39 is 7.12 Å². The highest BCUT2D eigenvalue weighted by molar-refractivity contribution is 6.63. The molecule has 2 aliphatic rings. The van der Waals surface area contributed by atoms with Crippen molar-refractivity contribution in [3.05, 3.63) is 18.5 Å². The van der Waals surface area contributed by atoms with Gasteiger partial charge in [-0.2, -0.15) is 0 Å². The van der Waals surface area contributed by atoms with Crippen molar-refractivity contribution >= 4 is 12.6 Å². The van der Waals surface area contributed by atoms with E-state index in [4.69, 9.17) is 18.8 Å². The Bertz CT molecular complexity index is 527. The highest BCUT2D eigenvalue weighted by Crippen LogP contribution is 2.37. The number of hydrogen-bond donors (Lipinski definition) is 0. The summed E-state index contributed by atoms with van der Waals surface area (Å²) in [5.41, 5.74) is 0.143. The molecule has 3 rings (SSSR count). The largest absolute Gasteiger partial charge is 0.498 e. The van der Waals surface area contributed by atoms with Gasteiger partial charge in [0.25, 0.3) is 0 Å². The van der Waals surface area contributed by atoms with Crippen LogP contribution in [0.1, 0.15) is 47.0 Å². The van der Waals surface area contributed by atoms with Crippen LogP contribution >= 0.6 is 0 Å². The number of aromatic nitrogens is 1.